The monoisotopic (exact) mass is 1770 g/mol. The molecule has 0 aliphatic rings. The van der Waals surface area contributed by atoms with Crippen LogP contribution in [0.5, 0.6) is 11.5 Å². The van der Waals surface area contributed by atoms with Crippen molar-refractivity contribution >= 4 is 178 Å². The summed E-state index contributed by atoms with van der Waals surface area (Å²) in [6.45, 7) is 2.92. The molecule has 616 valence electrons. The normalized spacial score (nSPS) is 11.8. The molecular formula is C110H86NO8P5S2. The van der Waals surface area contributed by atoms with E-state index in [9.17, 15) is 22.1 Å². The molecule has 0 radical (unpaired) electrons. The molecule has 0 bridgehead atoms. The number of rotatable bonds is 20. The Kier molecular flexibility index (Phi) is 25.5. The van der Waals surface area contributed by atoms with Crippen molar-refractivity contribution in [1.29, 1.82) is 0 Å². The van der Waals surface area contributed by atoms with Crippen molar-refractivity contribution in [1.82, 2.24) is 4.57 Å². The lowest BCUT2D eigenvalue weighted by Crippen LogP contribution is -2.25. The summed E-state index contributed by atoms with van der Waals surface area (Å²) in [5.41, 5.74) is 2.14. The van der Waals surface area contributed by atoms with Crippen LogP contribution in [0.15, 0.2) is 501 Å². The topological polar surface area (TPSA) is 134 Å². The van der Waals surface area contributed by atoms with E-state index in [1.165, 1.54) is 20.2 Å². The van der Waals surface area contributed by atoms with Crippen LogP contribution in [0.3, 0.4) is 0 Å². The van der Waals surface area contributed by atoms with Gasteiger partial charge in [0.1, 0.15) is 11.5 Å². The van der Waals surface area contributed by atoms with Crippen molar-refractivity contribution in [2.24, 2.45) is 0 Å². The lowest BCUT2D eigenvalue weighted by Gasteiger charge is -2.21. The standard InChI is InChI=1S/C38H31NO2P2.C36H28O3P2.C24H17OPS.C12H10O2S/c1-2-39-37-25-23-33(42(40,29-15-7-3-8-16-29)30-17-9-4-10-18-30)27-35(37)36-28-34(24-26-38(36)39)43(41,31-19-11-5-12-20-31)32-21-13-6-14-22-32;37-40(31-17-5-1-6-18-31,32-19-7-2-8-20-32)35-25-13-15-29(27-35)39-30-16-14-26-36(28-30)41(38,33-21-9-3-10-22-33)34-23-11-4-12-24-34;25-26(18-9-3-1-4-10-18,19-11-5-2-6-12-19)20-15-16-24-22(17-20)21-13-7-8-14-23(21)27-24;13-15(14,11-7-3-1-4-8-11)12-9-5-2-6-10-12/h3-28H,2H2,1H3;1-28H;1-17H;1-10H. The van der Waals surface area contributed by atoms with Crippen molar-refractivity contribution in [2.45, 2.75) is 23.3 Å². The number of benzene rings is 18. The fourth-order valence-electron chi connectivity index (χ4n) is 16.3. The number of thiophene rings is 1. The molecule has 0 spiro atoms. The first-order valence-corrected chi connectivity index (χ1v) is 52.2. The molecule has 0 saturated carbocycles. The van der Waals surface area contributed by atoms with Crippen LogP contribution in [0.2, 0.25) is 0 Å². The van der Waals surface area contributed by atoms with E-state index in [4.69, 9.17) is 4.74 Å². The van der Waals surface area contributed by atoms with Gasteiger partial charge in [-0.05, 0) is 116 Å². The quantitative estimate of drug-likeness (QED) is 0.0689. The van der Waals surface area contributed by atoms with E-state index in [0.29, 0.717) is 31.9 Å². The van der Waals surface area contributed by atoms with Gasteiger partial charge in [0.05, 0.1) is 9.79 Å². The highest BCUT2D eigenvalue weighted by Crippen LogP contribution is 2.50. The second kappa shape index (κ2) is 37.8. The number of hydrogen-bond acceptors (Lipinski definition) is 9. The number of fused-ring (bicyclic) bond motifs is 6. The van der Waals surface area contributed by atoms with Gasteiger partial charge in [0.15, 0.2) is 35.7 Å². The highest BCUT2D eigenvalue weighted by Gasteiger charge is 2.36. The summed E-state index contributed by atoms with van der Waals surface area (Å²) in [5.74, 6) is 1.11. The van der Waals surface area contributed by atoms with Gasteiger partial charge in [-0.25, -0.2) is 8.42 Å². The van der Waals surface area contributed by atoms with Crippen molar-refractivity contribution in [2.75, 3.05) is 0 Å². The van der Waals surface area contributed by atoms with E-state index >= 15 is 9.13 Å². The number of nitrogens with zero attached hydrogens (tertiary/aromatic N) is 1. The van der Waals surface area contributed by atoms with Gasteiger partial charge in [0.2, 0.25) is 9.84 Å². The molecule has 9 nitrogen and oxygen atoms in total. The molecule has 2 heterocycles. The van der Waals surface area contributed by atoms with Gasteiger partial charge in [0, 0.05) is 128 Å². The third kappa shape index (κ3) is 17.0. The molecule has 20 aromatic rings. The summed E-state index contributed by atoms with van der Waals surface area (Å²) < 4.78 is 110. The van der Waals surface area contributed by atoms with E-state index in [-0.39, 0.29) is 0 Å². The van der Waals surface area contributed by atoms with Gasteiger partial charge < -0.3 is 32.1 Å². The van der Waals surface area contributed by atoms with Crippen LogP contribution in [-0.4, -0.2) is 13.0 Å². The van der Waals surface area contributed by atoms with Crippen LogP contribution >= 0.6 is 47.0 Å². The highest BCUT2D eigenvalue weighted by atomic mass is 32.2. The minimum Gasteiger partial charge on any atom is -0.457 e. The average Bonchev–Trinajstić information content (AvgIpc) is 1.57. The van der Waals surface area contributed by atoms with Crippen LogP contribution in [0.1, 0.15) is 6.92 Å². The zero-order valence-electron chi connectivity index (χ0n) is 68.7. The molecule has 126 heavy (non-hydrogen) atoms. The second-order valence-electron chi connectivity index (χ2n) is 30.1. The number of sulfone groups is 1. The third-order valence-corrected chi connectivity index (χ3v) is 40.7. The predicted octanol–water partition coefficient (Wildman–Crippen LogP) is 22.1. The summed E-state index contributed by atoms with van der Waals surface area (Å²) >= 11 is 1.78. The number of aryl methyl sites for hydroxylation is 1. The Morgan fingerprint density at radius 2 is 0.444 bits per heavy atom. The molecule has 20 rings (SSSR count). The maximum atomic E-state index is 15.2. The van der Waals surface area contributed by atoms with Gasteiger partial charge in [0.25, 0.3) is 0 Å². The molecule has 16 heteroatoms. The molecule has 0 aliphatic heterocycles. The minimum atomic E-state index is -3.34. The number of hydrogen-bond donors (Lipinski definition) is 0. The van der Waals surface area contributed by atoms with E-state index < -0.39 is 45.5 Å². The molecule has 2 aromatic heterocycles. The Labute approximate surface area is 739 Å². The fourth-order valence-corrected chi connectivity index (χ4v) is 32.1. The van der Waals surface area contributed by atoms with Crippen molar-refractivity contribution in [3.05, 3.63) is 491 Å². The largest absolute Gasteiger partial charge is 0.457 e. The first kappa shape index (κ1) is 85.1. The zero-order chi connectivity index (χ0) is 86.6. The Hall–Kier alpha value is -13.1. The molecule has 0 N–H and O–H groups in total. The smallest absolute Gasteiger partial charge is 0.206 e. The fraction of sp³-hybridized carbons (Fsp3) is 0.0182. The van der Waals surface area contributed by atoms with E-state index in [1.54, 1.807) is 72.0 Å². The zero-order valence-corrected chi connectivity index (χ0v) is 74.8. The first-order valence-electron chi connectivity index (χ1n) is 41.4. The van der Waals surface area contributed by atoms with Crippen molar-refractivity contribution < 1.29 is 36.0 Å². The molecule has 0 aliphatic carbocycles. The summed E-state index contributed by atoms with van der Waals surface area (Å²) in [6, 6.07) is 156. The van der Waals surface area contributed by atoms with Crippen LogP contribution in [0.4, 0.5) is 0 Å². The lowest BCUT2D eigenvalue weighted by molar-refractivity contribution is 0.483. The molecular weight excluding hydrogens is 1680 g/mol. The van der Waals surface area contributed by atoms with E-state index in [0.717, 1.165) is 97.3 Å². The van der Waals surface area contributed by atoms with Crippen LogP contribution in [0, 0.1) is 0 Å². The molecule has 18 aromatic carbocycles. The first-order chi connectivity index (χ1) is 61.6. The Morgan fingerprint density at radius 1 is 0.222 bits per heavy atom. The van der Waals surface area contributed by atoms with Gasteiger partial charge in [-0.3, -0.25) is 0 Å². The molecule has 0 atom stereocenters. The van der Waals surface area contributed by atoms with Gasteiger partial charge in [-0.2, -0.15) is 0 Å². The lowest BCUT2D eigenvalue weighted by atomic mass is 10.1. The molecule has 0 saturated heterocycles. The van der Waals surface area contributed by atoms with Gasteiger partial charge in [-0.15, -0.1) is 11.3 Å². The summed E-state index contributed by atoms with van der Waals surface area (Å²) in [7, 11) is -18.9. The van der Waals surface area contributed by atoms with E-state index in [1.807, 2.05) is 370 Å². The minimum absolute atomic E-state index is 0.330. The van der Waals surface area contributed by atoms with Gasteiger partial charge >= 0.3 is 0 Å². The summed E-state index contributed by atoms with van der Waals surface area (Å²) in [4.78, 5) is 0.660. The number of ether oxygens (including phenoxy) is 1. The van der Waals surface area contributed by atoms with E-state index in [2.05, 4.69) is 72.2 Å². The molecule has 0 amide bonds. The second-order valence-corrected chi connectivity index (χ2v) is 46.9. The van der Waals surface area contributed by atoms with Crippen LogP contribution < -0.4 is 84.3 Å². The van der Waals surface area contributed by atoms with Crippen molar-refractivity contribution in [3.63, 3.8) is 0 Å². The maximum absolute atomic E-state index is 15.2. The van der Waals surface area contributed by atoms with Gasteiger partial charge in [-0.1, -0.05) is 382 Å². The molecule has 0 fully saturated rings. The maximum Gasteiger partial charge on any atom is 0.206 e. The summed E-state index contributed by atoms with van der Waals surface area (Å²) in [6.07, 6.45) is 0. The van der Waals surface area contributed by atoms with Crippen molar-refractivity contribution in [3.8, 4) is 11.5 Å². The summed E-state index contributed by atoms with van der Waals surface area (Å²) in [5, 5.41) is 16.3. The number of aromatic nitrogens is 1. The third-order valence-electron chi connectivity index (χ3n) is 22.5. The Balaban J connectivity index is 0.000000125. The average molecular weight is 1770 g/mol. The Bertz CT molecular complexity index is 7010. The predicted molar refractivity (Wildman–Crippen MR) is 533 cm³/mol. The van der Waals surface area contributed by atoms with Crippen LogP contribution in [-0.2, 0) is 39.2 Å². The molecule has 0 unspecified atom stereocenters. The Morgan fingerprint density at radius 3 is 0.722 bits per heavy atom. The SMILES string of the molecule is CCn1c2ccc(P(=O)(c3ccccc3)c3ccccc3)cc2c2cc(P(=O)(c3ccccc3)c3ccccc3)ccc21.O=P(c1ccccc1)(c1ccccc1)c1ccc2sc3ccccc3c2c1.O=P(c1ccccc1)(c1ccccc1)c1cccc(Oc2cccc(P(=O)(c3ccccc3)c3ccccc3)c2)c1.O=S(=O)(c1ccccc1)c1ccccc1. The highest BCUT2D eigenvalue weighted by molar-refractivity contribution is 7.91. The van der Waals surface area contributed by atoms with Crippen LogP contribution in [0.25, 0.3) is 42.0 Å².